The molecule has 0 radical (unpaired) electrons. The van der Waals surface area contributed by atoms with E-state index >= 15 is 0 Å². The lowest BCUT2D eigenvalue weighted by molar-refractivity contribution is 0.0387. The summed E-state index contributed by atoms with van der Waals surface area (Å²) in [5, 5.41) is 10.9. The van der Waals surface area contributed by atoms with Crippen LogP contribution in [-0.2, 0) is 5.60 Å². The number of benzene rings is 1. The van der Waals surface area contributed by atoms with Crippen molar-refractivity contribution in [3.63, 3.8) is 0 Å². The molecule has 0 amide bonds. The summed E-state index contributed by atoms with van der Waals surface area (Å²) >= 11 is 0. The number of furan rings is 1. The van der Waals surface area contributed by atoms with Crippen LogP contribution in [-0.4, -0.2) is 12.2 Å². The van der Waals surface area contributed by atoms with Gasteiger partial charge in [0.25, 0.3) is 5.95 Å². The molecule has 0 atom stereocenters. The molecule has 0 saturated heterocycles. The maximum atomic E-state index is 10.9. The first kappa shape index (κ1) is 15.1. The Morgan fingerprint density at radius 3 is 2.33 bits per heavy atom. The molecule has 1 heterocycles. The number of aliphatic hydroxyl groups is 1. The van der Waals surface area contributed by atoms with Crippen molar-refractivity contribution in [1.29, 1.82) is 0 Å². The average molecular weight is 284 g/mol. The van der Waals surface area contributed by atoms with E-state index in [4.69, 9.17) is 9.15 Å². The molecular formula is C18H20O3. The van der Waals surface area contributed by atoms with E-state index in [0.29, 0.717) is 30.1 Å². The van der Waals surface area contributed by atoms with Gasteiger partial charge >= 0.3 is 0 Å². The first-order valence-electron chi connectivity index (χ1n) is 6.82. The fourth-order valence-electron chi connectivity index (χ4n) is 2.38. The molecule has 0 saturated carbocycles. The molecule has 3 nitrogen and oxygen atoms in total. The molecule has 1 aromatic heterocycles. The van der Waals surface area contributed by atoms with Crippen molar-refractivity contribution in [2.75, 3.05) is 7.11 Å². The van der Waals surface area contributed by atoms with Gasteiger partial charge in [0.1, 0.15) is 11.4 Å². The largest absolute Gasteiger partial charge is 0.468 e. The van der Waals surface area contributed by atoms with E-state index in [-0.39, 0.29) is 0 Å². The van der Waals surface area contributed by atoms with Crippen LogP contribution < -0.4 is 4.74 Å². The minimum Gasteiger partial charge on any atom is -0.468 e. The molecule has 0 aliphatic carbocycles. The third-order valence-corrected chi connectivity index (χ3v) is 3.41. The highest BCUT2D eigenvalue weighted by Gasteiger charge is 2.33. The average Bonchev–Trinajstić information content (AvgIpc) is 2.94. The summed E-state index contributed by atoms with van der Waals surface area (Å²) in [5.74, 6) is 0.981. The third-order valence-electron chi connectivity index (χ3n) is 3.41. The predicted octanol–water partition coefficient (Wildman–Crippen LogP) is 4.30. The highest BCUT2D eigenvalue weighted by molar-refractivity contribution is 5.60. The Morgan fingerprint density at radius 1 is 1.19 bits per heavy atom. The van der Waals surface area contributed by atoms with E-state index in [1.165, 1.54) is 7.11 Å². The summed E-state index contributed by atoms with van der Waals surface area (Å²) in [6.07, 6.45) is 4.14. The van der Waals surface area contributed by atoms with Crippen molar-refractivity contribution in [2.24, 2.45) is 0 Å². The molecule has 3 heteroatoms. The minimum atomic E-state index is -1.12. The second kappa shape index (κ2) is 6.46. The summed E-state index contributed by atoms with van der Waals surface area (Å²) in [5.41, 5.74) is 0.427. The number of rotatable bonds is 7. The van der Waals surface area contributed by atoms with Gasteiger partial charge in [0.05, 0.1) is 12.7 Å². The van der Waals surface area contributed by atoms with Crippen LogP contribution in [0.25, 0.3) is 11.3 Å². The molecule has 21 heavy (non-hydrogen) atoms. The Labute approximate surface area is 125 Å². The van der Waals surface area contributed by atoms with Gasteiger partial charge in [-0.1, -0.05) is 42.5 Å². The number of hydrogen-bond donors (Lipinski definition) is 1. The van der Waals surface area contributed by atoms with Gasteiger partial charge in [-0.05, 0) is 18.9 Å². The monoisotopic (exact) mass is 284 g/mol. The molecule has 0 unspecified atom stereocenters. The Balaban J connectivity index is 2.50. The molecule has 2 aromatic rings. The molecular weight excluding hydrogens is 264 g/mol. The van der Waals surface area contributed by atoms with Crippen molar-refractivity contribution in [3.8, 4) is 17.3 Å². The fourth-order valence-corrected chi connectivity index (χ4v) is 2.38. The Bertz CT molecular complexity index is 601. The van der Waals surface area contributed by atoms with Crippen LogP contribution in [0.15, 0.2) is 66.1 Å². The molecule has 0 spiro atoms. The molecule has 0 fully saturated rings. The standard InChI is InChI=1S/C18H20O3/c1-4-11-18(19,12-5-2)15-13-16(21-17(15)20-3)14-9-7-6-8-10-14/h4-10,13,19H,1-2,11-12H2,3H3. The summed E-state index contributed by atoms with van der Waals surface area (Å²) in [6, 6.07) is 11.5. The van der Waals surface area contributed by atoms with Gasteiger partial charge in [-0.2, -0.15) is 0 Å². The van der Waals surface area contributed by atoms with Crippen LogP contribution >= 0.6 is 0 Å². The van der Waals surface area contributed by atoms with Crippen LogP contribution in [0.2, 0.25) is 0 Å². The Morgan fingerprint density at radius 2 is 1.81 bits per heavy atom. The summed E-state index contributed by atoms with van der Waals surface area (Å²) in [4.78, 5) is 0. The Hall–Kier alpha value is -2.26. The zero-order valence-electron chi connectivity index (χ0n) is 12.2. The maximum absolute atomic E-state index is 10.9. The lowest BCUT2D eigenvalue weighted by Crippen LogP contribution is -2.24. The van der Waals surface area contributed by atoms with Gasteiger partial charge in [-0.25, -0.2) is 0 Å². The quantitative estimate of drug-likeness (QED) is 0.771. The molecule has 110 valence electrons. The highest BCUT2D eigenvalue weighted by Crippen LogP contribution is 2.41. The van der Waals surface area contributed by atoms with Crippen molar-refractivity contribution in [2.45, 2.75) is 18.4 Å². The van der Waals surface area contributed by atoms with E-state index in [2.05, 4.69) is 13.2 Å². The summed E-state index contributed by atoms with van der Waals surface area (Å²) in [7, 11) is 1.53. The van der Waals surface area contributed by atoms with Crippen LogP contribution in [0, 0.1) is 0 Å². The number of hydrogen-bond acceptors (Lipinski definition) is 3. The highest BCUT2D eigenvalue weighted by atomic mass is 16.6. The molecule has 1 aromatic carbocycles. The summed E-state index contributed by atoms with van der Waals surface area (Å²) in [6.45, 7) is 7.42. The topological polar surface area (TPSA) is 42.6 Å². The van der Waals surface area contributed by atoms with E-state index in [9.17, 15) is 5.11 Å². The lowest BCUT2D eigenvalue weighted by atomic mass is 9.88. The van der Waals surface area contributed by atoms with E-state index in [1.807, 2.05) is 36.4 Å². The van der Waals surface area contributed by atoms with Crippen molar-refractivity contribution < 1.29 is 14.3 Å². The summed E-state index contributed by atoms with van der Waals surface area (Å²) < 4.78 is 11.0. The third kappa shape index (κ3) is 3.09. The fraction of sp³-hybridized carbons (Fsp3) is 0.222. The first-order valence-corrected chi connectivity index (χ1v) is 6.82. The zero-order chi connectivity index (χ0) is 15.3. The van der Waals surface area contributed by atoms with Gasteiger partial charge in [-0.15, -0.1) is 13.2 Å². The van der Waals surface area contributed by atoms with Crippen LogP contribution in [0.5, 0.6) is 5.95 Å². The molecule has 0 aliphatic heterocycles. The van der Waals surface area contributed by atoms with Crippen LogP contribution in [0.1, 0.15) is 18.4 Å². The SMILES string of the molecule is C=CCC(O)(CC=C)c1cc(-c2ccccc2)oc1OC. The van der Waals surface area contributed by atoms with Gasteiger partial charge in [0, 0.05) is 5.56 Å². The minimum absolute atomic E-state index is 0.319. The molecule has 2 rings (SSSR count). The molecule has 0 bridgehead atoms. The molecule has 0 aliphatic rings. The second-order valence-corrected chi connectivity index (χ2v) is 4.90. The van der Waals surface area contributed by atoms with Crippen molar-refractivity contribution in [3.05, 3.63) is 67.3 Å². The van der Waals surface area contributed by atoms with Gasteiger partial charge < -0.3 is 14.3 Å². The maximum Gasteiger partial charge on any atom is 0.290 e. The zero-order valence-corrected chi connectivity index (χ0v) is 12.2. The number of methoxy groups -OCH3 is 1. The van der Waals surface area contributed by atoms with Crippen molar-refractivity contribution in [1.82, 2.24) is 0 Å². The number of ether oxygens (including phenoxy) is 1. The first-order chi connectivity index (χ1) is 10.1. The van der Waals surface area contributed by atoms with E-state index in [1.54, 1.807) is 12.2 Å². The molecule has 1 N–H and O–H groups in total. The van der Waals surface area contributed by atoms with Crippen molar-refractivity contribution >= 4 is 0 Å². The van der Waals surface area contributed by atoms with E-state index < -0.39 is 5.60 Å². The van der Waals surface area contributed by atoms with Gasteiger partial charge in [0.2, 0.25) is 0 Å². The Kier molecular flexibility index (Phi) is 4.66. The normalized spacial score (nSPS) is 11.1. The van der Waals surface area contributed by atoms with Gasteiger partial charge in [-0.3, -0.25) is 0 Å². The van der Waals surface area contributed by atoms with E-state index in [0.717, 1.165) is 5.56 Å². The predicted molar refractivity (Wildman–Crippen MR) is 84.2 cm³/mol. The lowest BCUT2D eigenvalue weighted by Gasteiger charge is -2.24. The smallest absolute Gasteiger partial charge is 0.290 e. The van der Waals surface area contributed by atoms with Gasteiger partial charge in [0.15, 0.2) is 0 Å². The second-order valence-electron chi connectivity index (χ2n) is 4.90. The van der Waals surface area contributed by atoms with Crippen LogP contribution in [0.4, 0.5) is 0 Å². The van der Waals surface area contributed by atoms with Crippen LogP contribution in [0.3, 0.4) is 0 Å².